The van der Waals surface area contributed by atoms with Crippen LogP contribution in [0.5, 0.6) is 5.75 Å². The lowest BCUT2D eigenvalue weighted by atomic mass is 10.1. The van der Waals surface area contributed by atoms with Crippen LogP contribution < -0.4 is 10.1 Å². The normalized spacial score (nSPS) is 12.3. The number of ether oxygens (including phenoxy) is 1. The van der Waals surface area contributed by atoms with Gasteiger partial charge in [-0.3, -0.25) is 9.69 Å². The van der Waals surface area contributed by atoms with Crippen LogP contribution >= 0.6 is 0 Å². The molecule has 0 saturated heterocycles. The Hall–Kier alpha value is -2.59. The van der Waals surface area contributed by atoms with Gasteiger partial charge in [-0.2, -0.15) is 0 Å². The minimum Gasteiger partial charge on any atom is -0.497 e. The highest BCUT2D eigenvalue weighted by molar-refractivity contribution is 5.91. The van der Waals surface area contributed by atoms with Crippen LogP contribution in [-0.2, 0) is 4.79 Å². The highest BCUT2D eigenvalue weighted by atomic mass is 16.5. The molecule has 0 heterocycles. The highest BCUT2D eigenvalue weighted by Gasteiger charge is 2.17. The smallest absolute Gasteiger partial charge is 0.244 e. The third kappa shape index (κ3) is 5.74. The Morgan fingerprint density at radius 2 is 1.73 bits per heavy atom. The van der Waals surface area contributed by atoms with Gasteiger partial charge in [0, 0.05) is 12.6 Å². The van der Waals surface area contributed by atoms with Crippen molar-refractivity contribution in [3.63, 3.8) is 0 Å². The number of benzene rings is 2. The molecule has 1 unspecified atom stereocenters. The first-order chi connectivity index (χ1) is 12.7. The monoisotopic (exact) mass is 352 g/mol. The van der Waals surface area contributed by atoms with Crippen molar-refractivity contribution in [2.45, 2.75) is 19.9 Å². The summed E-state index contributed by atoms with van der Waals surface area (Å²) in [7, 11) is 1.64. The Kier molecular flexibility index (Phi) is 7.90. The van der Waals surface area contributed by atoms with Crippen LogP contribution in [0, 0.1) is 0 Å². The van der Waals surface area contributed by atoms with Gasteiger partial charge in [-0.15, -0.1) is 0 Å². The summed E-state index contributed by atoms with van der Waals surface area (Å²) in [5, 5.41) is 3.03. The largest absolute Gasteiger partial charge is 0.497 e. The van der Waals surface area contributed by atoms with E-state index in [1.54, 1.807) is 13.2 Å². The first-order valence-corrected chi connectivity index (χ1v) is 9.06. The number of likely N-dealkylation sites (N-methyl/N-ethyl adjacent to an activating group) is 1. The van der Waals surface area contributed by atoms with E-state index in [1.165, 1.54) is 5.56 Å². The number of amides is 1. The molecular weight excluding hydrogens is 324 g/mol. The molecule has 1 atom stereocenters. The fourth-order valence-electron chi connectivity index (χ4n) is 2.94. The van der Waals surface area contributed by atoms with Gasteiger partial charge in [0.25, 0.3) is 0 Å². The number of carbonyl (C=O) groups is 1. The average Bonchev–Trinajstić information content (AvgIpc) is 2.70. The van der Waals surface area contributed by atoms with Crippen molar-refractivity contribution in [1.29, 1.82) is 0 Å². The number of rotatable bonds is 9. The van der Waals surface area contributed by atoms with Crippen LogP contribution in [0.25, 0.3) is 6.08 Å². The van der Waals surface area contributed by atoms with Crippen LogP contribution in [0.4, 0.5) is 0 Å². The molecule has 2 aromatic rings. The van der Waals surface area contributed by atoms with Crippen molar-refractivity contribution in [3.05, 3.63) is 71.8 Å². The van der Waals surface area contributed by atoms with Crippen LogP contribution in [0.2, 0.25) is 0 Å². The maximum atomic E-state index is 12.2. The zero-order chi connectivity index (χ0) is 18.8. The Balaban J connectivity index is 1.98. The second-order valence-electron chi connectivity index (χ2n) is 6.00. The lowest BCUT2D eigenvalue weighted by molar-refractivity contribution is -0.116. The summed E-state index contributed by atoms with van der Waals surface area (Å²) < 4.78 is 5.14. The van der Waals surface area contributed by atoms with Crippen molar-refractivity contribution >= 4 is 12.0 Å². The first-order valence-electron chi connectivity index (χ1n) is 9.06. The molecule has 0 bridgehead atoms. The molecule has 0 aliphatic rings. The Labute approximate surface area is 156 Å². The molecule has 0 fully saturated rings. The maximum Gasteiger partial charge on any atom is 0.244 e. The van der Waals surface area contributed by atoms with Gasteiger partial charge in [-0.1, -0.05) is 56.3 Å². The van der Waals surface area contributed by atoms with Crippen LogP contribution in [0.15, 0.2) is 60.7 Å². The molecular formula is C22H28N2O2. The van der Waals surface area contributed by atoms with Gasteiger partial charge in [0.1, 0.15) is 5.75 Å². The first kappa shape index (κ1) is 19.7. The fourth-order valence-corrected chi connectivity index (χ4v) is 2.94. The van der Waals surface area contributed by atoms with E-state index in [0.29, 0.717) is 6.54 Å². The molecule has 0 aliphatic heterocycles. The van der Waals surface area contributed by atoms with Crippen molar-refractivity contribution in [2.24, 2.45) is 0 Å². The number of methoxy groups -OCH3 is 1. The van der Waals surface area contributed by atoms with Crippen LogP contribution in [-0.4, -0.2) is 37.6 Å². The molecule has 0 radical (unpaired) electrons. The molecule has 0 spiro atoms. The van der Waals surface area contributed by atoms with Gasteiger partial charge in [-0.25, -0.2) is 0 Å². The summed E-state index contributed by atoms with van der Waals surface area (Å²) in [6.45, 7) is 6.74. The van der Waals surface area contributed by atoms with E-state index in [9.17, 15) is 4.79 Å². The molecule has 2 aromatic carbocycles. The summed E-state index contributed by atoms with van der Waals surface area (Å²) in [4.78, 5) is 14.6. The molecule has 0 saturated carbocycles. The molecule has 138 valence electrons. The molecule has 4 heteroatoms. The zero-order valence-electron chi connectivity index (χ0n) is 15.8. The Morgan fingerprint density at radius 1 is 1.08 bits per heavy atom. The second kappa shape index (κ2) is 10.4. The minimum atomic E-state index is -0.0890. The second-order valence-corrected chi connectivity index (χ2v) is 6.00. The quantitative estimate of drug-likeness (QED) is 0.696. The summed E-state index contributed by atoms with van der Waals surface area (Å²) >= 11 is 0. The fraction of sp³-hybridized carbons (Fsp3) is 0.318. The summed E-state index contributed by atoms with van der Waals surface area (Å²) in [5.74, 6) is 0.713. The summed E-state index contributed by atoms with van der Waals surface area (Å²) in [5.41, 5.74) is 2.18. The SMILES string of the molecule is CCN(CC)C(CNC(=O)C=Cc1ccc(OC)cc1)c1ccccc1. The summed E-state index contributed by atoms with van der Waals surface area (Å²) in [6, 6.07) is 18.1. The van der Waals surface area contributed by atoms with E-state index in [-0.39, 0.29) is 11.9 Å². The molecule has 2 rings (SSSR count). The molecule has 26 heavy (non-hydrogen) atoms. The standard InChI is InChI=1S/C22H28N2O2/c1-4-24(5-2)21(19-9-7-6-8-10-19)17-23-22(25)16-13-18-11-14-20(26-3)15-12-18/h6-16,21H,4-5,17H2,1-3H3,(H,23,25). The van der Waals surface area contributed by atoms with Crippen molar-refractivity contribution in [3.8, 4) is 5.75 Å². The van der Waals surface area contributed by atoms with E-state index >= 15 is 0 Å². The lowest BCUT2D eigenvalue weighted by Gasteiger charge is -2.30. The van der Waals surface area contributed by atoms with Gasteiger partial charge in [0.15, 0.2) is 0 Å². The number of carbonyl (C=O) groups excluding carboxylic acids is 1. The zero-order valence-corrected chi connectivity index (χ0v) is 15.8. The van der Waals surface area contributed by atoms with Gasteiger partial charge >= 0.3 is 0 Å². The Morgan fingerprint density at radius 3 is 2.31 bits per heavy atom. The van der Waals surface area contributed by atoms with Gasteiger partial charge < -0.3 is 10.1 Å². The number of hydrogen-bond donors (Lipinski definition) is 1. The molecule has 0 aliphatic carbocycles. The third-order valence-electron chi connectivity index (χ3n) is 4.45. The van der Waals surface area contributed by atoms with E-state index in [1.807, 2.05) is 48.5 Å². The molecule has 4 nitrogen and oxygen atoms in total. The summed E-state index contributed by atoms with van der Waals surface area (Å²) in [6.07, 6.45) is 3.38. The molecule has 1 amide bonds. The number of nitrogens with one attached hydrogen (secondary N) is 1. The number of nitrogens with zero attached hydrogens (tertiary/aromatic N) is 1. The van der Waals surface area contributed by atoms with E-state index in [4.69, 9.17) is 4.74 Å². The van der Waals surface area contributed by atoms with E-state index in [2.05, 4.69) is 36.2 Å². The van der Waals surface area contributed by atoms with E-state index in [0.717, 1.165) is 24.4 Å². The Bertz CT molecular complexity index is 692. The van der Waals surface area contributed by atoms with Crippen molar-refractivity contribution in [1.82, 2.24) is 10.2 Å². The molecule has 0 aromatic heterocycles. The van der Waals surface area contributed by atoms with Crippen LogP contribution in [0.3, 0.4) is 0 Å². The maximum absolute atomic E-state index is 12.2. The topological polar surface area (TPSA) is 41.6 Å². The van der Waals surface area contributed by atoms with Crippen LogP contribution in [0.1, 0.15) is 31.0 Å². The van der Waals surface area contributed by atoms with Gasteiger partial charge in [0.2, 0.25) is 5.91 Å². The van der Waals surface area contributed by atoms with Gasteiger partial charge in [0.05, 0.1) is 13.2 Å². The predicted octanol–water partition coefficient (Wildman–Crippen LogP) is 3.91. The average molecular weight is 352 g/mol. The minimum absolute atomic E-state index is 0.0890. The van der Waals surface area contributed by atoms with Crippen molar-refractivity contribution < 1.29 is 9.53 Å². The molecule has 1 N–H and O–H groups in total. The van der Waals surface area contributed by atoms with Gasteiger partial charge in [-0.05, 0) is 42.4 Å². The highest BCUT2D eigenvalue weighted by Crippen LogP contribution is 2.19. The predicted molar refractivity (Wildman–Crippen MR) is 107 cm³/mol. The van der Waals surface area contributed by atoms with Crippen molar-refractivity contribution in [2.75, 3.05) is 26.7 Å². The van der Waals surface area contributed by atoms with E-state index < -0.39 is 0 Å². The third-order valence-corrected chi connectivity index (χ3v) is 4.45. The number of hydrogen-bond acceptors (Lipinski definition) is 3. The lowest BCUT2D eigenvalue weighted by Crippen LogP contribution is -2.37.